The Bertz CT molecular complexity index is 777. The van der Waals surface area contributed by atoms with Crippen molar-refractivity contribution in [1.29, 1.82) is 0 Å². The molecule has 1 aromatic heterocycles. The molecule has 124 valence electrons. The first-order valence-corrected chi connectivity index (χ1v) is 8.40. The van der Waals surface area contributed by atoms with Gasteiger partial charge < -0.3 is 14.8 Å². The first-order valence-electron chi connectivity index (χ1n) is 8.03. The van der Waals surface area contributed by atoms with Gasteiger partial charge in [-0.25, -0.2) is 4.98 Å². The van der Waals surface area contributed by atoms with Crippen LogP contribution in [-0.4, -0.2) is 24.1 Å². The van der Waals surface area contributed by atoms with E-state index in [0.29, 0.717) is 29.8 Å². The molecule has 1 aliphatic carbocycles. The van der Waals surface area contributed by atoms with Crippen LogP contribution in [0.1, 0.15) is 34.8 Å². The standard InChI is InChI=1S/C18H17ClN2O3/c19-16-10-13(5-6-20-16)18(22)21-17(11-1-2-11)12-3-4-14-15(9-12)24-8-7-23-14/h3-6,9-11,17H,1-2,7-8H2,(H,21,22)/t17-/m0/s1. The predicted octanol–water partition coefficient (Wildman–Crippen LogP) is 3.39. The number of aromatic nitrogens is 1. The van der Waals surface area contributed by atoms with Crippen LogP contribution in [0.3, 0.4) is 0 Å². The van der Waals surface area contributed by atoms with Crippen LogP contribution in [-0.2, 0) is 0 Å². The average Bonchev–Trinajstić information content (AvgIpc) is 3.44. The van der Waals surface area contributed by atoms with Crippen molar-refractivity contribution in [2.75, 3.05) is 13.2 Å². The lowest BCUT2D eigenvalue weighted by molar-refractivity contribution is 0.0931. The van der Waals surface area contributed by atoms with Gasteiger partial charge in [0.1, 0.15) is 18.4 Å². The lowest BCUT2D eigenvalue weighted by Gasteiger charge is -2.23. The summed E-state index contributed by atoms with van der Waals surface area (Å²) in [5.41, 5.74) is 1.55. The fourth-order valence-electron chi connectivity index (χ4n) is 2.92. The smallest absolute Gasteiger partial charge is 0.251 e. The first kappa shape index (κ1) is 15.3. The molecule has 1 aliphatic heterocycles. The molecule has 1 aromatic carbocycles. The number of hydrogen-bond acceptors (Lipinski definition) is 4. The summed E-state index contributed by atoms with van der Waals surface area (Å²) in [6.45, 7) is 1.12. The highest BCUT2D eigenvalue weighted by Gasteiger charge is 2.34. The van der Waals surface area contributed by atoms with Crippen LogP contribution in [0.5, 0.6) is 11.5 Å². The van der Waals surface area contributed by atoms with E-state index in [0.717, 1.165) is 29.9 Å². The van der Waals surface area contributed by atoms with Gasteiger partial charge in [0, 0.05) is 11.8 Å². The number of amides is 1. The van der Waals surface area contributed by atoms with Crippen LogP contribution >= 0.6 is 11.6 Å². The van der Waals surface area contributed by atoms with Crippen molar-refractivity contribution in [1.82, 2.24) is 10.3 Å². The molecule has 0 bridgehead atoms. The molecule has 0 spiro atoms. The Balaban J connectivity index is 1.57. The van der Waals surface area contributed by atoms with Crippen LogP contribution in [0.4, 0.5) is 0 Å². The van der Waals surface area contributed by atoms with Crippen LogP contribution in [0.25, 0.3) is 0 Å². The second kappa shape index (κ2) is 6.32. The number of halogens is 1. The zero-order valence-corrected chi connectivity index (χ0v) is 13.8. The monoisotopic (exact) mass is 344 g/mol. The van der Waals surface area contributed by atoms with Crippen molar-refractivity contribution in [2.45, 2.75) is 18.9 Å². The maximum Gasteiger partial charge on any atom is 0.251 e. The molecule has 0 unspecified atom stereocenters. The molecule has 1 amide bonds. The SMILES string of the molecule is O=C(N[C@H](c1ccc2c(c1)OCCO2)C1CC1)c1ccnc(Cl)c1. The van der Waals surface area contributed by atoms with Crippen molar-refractivity contribution < 1.29 is 14.3 Å². The largest absolute Gasteiger partial charge is 0.486 e. The topological polar surface area (TPSA) is 60.5 Å². The number of carbonyl (C=O) groups excluding carboxylic acids is 1. The Morgan fingerprint density at radius 2 is 1.96 bits per heavy atom. The third-order valence-corrected chi connectivity index (χ3v) is 4.50. The molecule has 2 heterocycles. The Morgan fingerprint density at radius 1 is 1.17 bits per heavy atom. The average molecular weight is 345 g/mol. The third-order valence-electron chi connectivity index (χ3n) is 4.29. The third kappa shape index (κ3) is 3.17. The lowest BCUT2D eigenvalue weighted by Crippen LogP contribution is -2.30. The van der Waals surface area contributed by atoms with Gasteiger partial charge in [-0.15, -0.1) is 0 Å². The number of nitrogens with one attached hydrogen (secondary N) is 1. The van der Waals surface area contributed by atoms with Gasteiger partial charge in [0.05, 0.1) is 6.04 Å². The van der Waals surface area contributed by atoms with Crippen LogP contribution in [0.15, 0.2) is 36.5 Å². The van der Waals surface area contributed by atoms with Crippen molar-refractivity contribution in [2.24, 2.45) is 5.92 Å². The van der Waals surface area contributed by atoms with Crippen molar-refractivity contribution >= 4 is 17.5 Å². The second-order valence-electron chi connectivity index (χ2n) is 6.06. The maximum atomic E-state index is 12.5. The van der Waals surface area contributed by atoms with Crippen molar-refractivity contribution in [3.8, 4) is 11.5 Å². The van der Waals surface area contributed by atoms with Crippen LogP contribution in [0, 0.1) is 5.92 Å². The summed E-state index contributed by atoms with van der Waals surface area (Å²) < 4.78 is 11.2. The minimum absolute atomic E-state index is 0.0414. The summed E-state index contributed by atoms with van der Waals surface area (Å²) in [6.07, 6.45) is 3.75. The van der Waals surface area contributed by atoms with E-state index in [9.17, 15) is 4.79 Å². The number of carbonyl (C=O) groups is 1. The molecule has 2 aliphatic rings. The number of rotatable bonds is 4. The lowest BCUT2D eigenvalue weighted by atomic mass is 10.0. The van der Waals surface area contributed by atoms with Gasteiger partial charge in [0.2, 0.25) is 0 Å². The van der Waals surface area contributed by atoms with Crippen LogP contribution < -0.4 is 14.8 Å². The molecular weight excluding hydrogens is 328 g/mol. The fourth-order valence-corrected chi connectivity index (χ4v) is 3.10. The number of ether oxygens (including phenoxy) is 2. The van der Waals surface area contributed by atoms with Gasteiger partial charge in [-0.1, -0.05) is 17.7 Å². The van der Waals surface area contributed by atoms with Crippen molar-refractivity contribution in [3.63, 3.8) is 0 Å². The highest BCUT2D eigenvalue weighted by atomic mass is 35.5. The van der Waals surface area contributed by atoms with E-state index in [1.807, 2.05) is 18.2 Å². The Morgan fingerprint density at radius 3 is 2.71 bits per heavy atom. The molecular formula is C18H17ClN2O3. The summed E-state index contributed by atoms with van der Waals surface area (Å²) in [4.78, 5) is 16.5. The van der Waals surface area contributed by atoms with E-state index in [1.54, 1.807) is 12.1 Å². The zero-order chi connectivity index (χ0) is 16.5. The van der Waals surface area contributed by atoms with Gasteiger partial charge in [-0.3, -0.25) is 4.79 Å². The van der Waals surface area contributed by atoms with Gasteiger partial charge in [0.25, 0.3) is 5.91 Å². The Hall–Kier alpha value is -2.27. The van der Waals surface area contributed by atoms with E-state index in [2.05, 4.69) is 10.3 Å². The molecule has 4 rings (SSSR count). The molecule has 1 N–H and O–H groups in total. The molecule has 2 aromatic rings. The maximum absolute atomic E-state index is 12.5. The summed E-state index contributed by atoms with van der Waals surface area (Å²) in [5, 5.41) is 3.43. The molecule has 5 nitrogen and oxygen atoms in total. The zero-order valence-electron chi connectivity index (χ0n) is 13.0. The molecule has 0 saturated heterocycles. The number of pyridine rings is 1. The summed E-state index contributed by atoms with van der Waals surface area (Å²) in [6, 6.07) is 9.07. The molecule has 1 atom stereocenters. The predicted molar refractivity (Wildman–Crippen MR) is 89.6 cm³/mol. The Kier molecular flexibility index (Phi) is 4.02. The molecule has 0 radical (unpaired) electrons. The minimum Gasteiger partial charge on any atom is -0.486 e. The summed E-state index contributed by atoms with van der Waals surface area (Å²) in [7, 11) is 0. The van der Waals surface area contributed by atoms with E-state index in [4.69, 9.17) is 21.1 Å². The normalized spacial score (nSPS) is 17.2. The quantitative estimate of drug-likeness (QED) is 0.864. The molecule has 1 saturated carbocycles. The van der Waals surface area contributed by atoms with E-state index >= 15 is 0 Å². The summed E-state index contributed by atoms with van der Waals surface area (Å²) in [5.74, 6) is 1.80. The summed E-state index contributed by atoms with van der Waals surface area (Å²) >= 11 is 5.88. The Labute approximate surface area is 144 Å². The molecule has 1 fully saturated rings. The fraction of sp³-hybridized carbons (Fsp3) is 0.333. The number of hydrogen-bond donors (Lipinski definition) is 1. The van der Waals surface area contributed by atoms with Crippen molar-refractivity contribution in [3.05, 3.63) is 52.8 Å². The van der Waals surface area contributed by atoms with Gasteiger partial charge in [0.15, 0.2) is 11.5 Å². The van der Waals surface area contributed by atoms with Crippen LogP contribution in [0.2, 0.25) is 5.15 Å². The number of benzene rings is 1. The van der Waals surface area contributed by atoms with Gasteiger partial charge in [-0.2, -0.15) is 0 Å². The van der Waals surface area contributed by atoms with Gasteiger partial charge in [-0.05, 0) is 48.6 Å². The van der Waals surface area contributed by atoms with Gasteiger partial charge >= 0.3 is 0 Å². The van der Waals surface area contributed by atoms with E-state index < -0.39 is 0 Å². The molecule has 6 heteroatoms. The molecule has 24 heavy (non-hydrogen) atoms. The highest BCUT2D eigenvalue weighted by Crippen LogP contribution is 2.43. The van der Waals surface area contributed by atoms with E-state index in [-0.39, 0.29) is 11.9 Å². The first-order chi connectivity index (χ1) is 11.7. The highest BCUT2D eigenvalue weighted by molar-refractivity contribution is 6.29. The minimum atomic E-state index is -0.147. The van der Waals surface area contributed by atoms with E-state index in [1.165, 1.54) is 6.20 Å². The number of nitrogens with zero attached hydrogens (tertiary/aromatic N) is 1. The number of fused-ring (bicyclic) bond motifs is 1. The second-order valence-corrected chi connectivity index (χ2v) is 6.45.